The molecule has 0 aliphatic rings. The van der Waals surface area contributed by atoms with Crippen LogP contribution in [0.3, 0.4) is 0 Å². The maximum atomic E-state index is 9.87. The molecule has 0 aliphatic heterocycles. The number of hydrogen-bond donors (Lipinski definition) is 2. The van der Waals surface area contributed by atoms with Crippen LogP contribution < -0.4 is 5.32 Å². The zero-order valence-electron chi connectivity index (χ0n) is 16.8. The van der Waals surface area contributed by atoms with E-state index >= 15 is 0 Å². The summed E-state index contributed by atoms with van der Waals surface area (Å²) in [4.78, 5) is 0. The van der Waals surface area contributed by atoms with Gasteiger partial charge in [0, 0.05) is 18.6 Å². The number of benzene rings is 1. The number of aliphatic hydroxyl groups is 1. The Morgan fingerprint density at radius 1 is 0.815 bits per heavy atom. The van der Waals surface area contributed by atoms with Crippen molar-refractivity contribution in [1.29, 1.82) is 0 Å². The normalized spacial score (nSPS) is 15.4. The third-order valence-electron chi connectivity index (χ3n) is 3.67. The molecular formula is C18H32F6NOP. The first-order chi connectivity index (χ1) is 11.6. The molecule has 162 valence electrons. The minimum atomic E-state index is -10.7. The summed E-state index contributed by atoms with van der Waals surface area (Å²) < 4.78 is 59.2. The van der Waals surface area contributed by atoms with Gasteiger partial charge in [-0.3, -0.25) is 0 Å². The van der Waals surface area contributed by atoms with Crippen LogP contribution in [0.4, 0.5) is 25.2 Å². The van der Waals surface area contributed by atoms with Crippen LogP contribution in [0.25, 0.3) is 0 Å². The van der Waals surface area contributed by atoms with E-state index in [1.165, 1.54) is 16.7 Å². The average Bonchev–Trinajstić information content (AvgIpc) is 2.38. The number of hydrogen-bond acceptors (Lipinski definition) is 1. The molecule has 0 aromatic heterocycles. The van der Waals surface area contributed by atoms with E-state index in [0.29, 0.717) is 0 Å². The molecule has 0 amide bonds. The molecule has 0 fully saturated rings. The van der Waals surface area contributed by atoms with Crippen LogP contribution in [-0.2, 0) is 17.4 Å². The second-order valence-electron chi connectivity index (χ2n) is 8.74. The Kier molecular flexibility index (Phi) is 7.63. The molecule has 0 spiro atoms. The standard InChI is InChI=1S/C18H31NO.F6P/c1-17(2,3)15-10-14(13-19-8-7-9-20)11-16(12-15)18(4,5)6;1-7(2,3,4,5)6/h10-12,19-20H,7-9,13H2,1-6H3;/q;-1/p+1. The second kappa shape index (κ2) is 7.88. The van der Waals surface area contributed by atoms with Gasteiger partial charge in [0.25, 0.3) is 0 Å². The van der Waals surface area contributed by atoms with E-state index < -0.39 is 7.81 Å². The Morgan fingerprint density at radius 2 is 1.19 bits per heavy atom. The van der Waals surface area contributed by atoms with Crippen LogP contribution in [0.15, 0.2) is 18.2 Å². The zero-order valence-corrected chi connectivity index (χ0v) is 17.7. The Hall–Kier alpha value is -0.850. The summed E-state index contributed by atoms with van der Waals surface area (Å²) in [7, 11) is -10.7. The number of rotatable bonds is 5. The van der Waals surface area contributed by atoms with Crippen molar-refractivity contribution in [2.75, 3.05) is 13.2 Å². The van der Waals surface area contributed by atoms with Gasteiger partial charge in [0.2, 0.25) is 0 Å². The van der Waals surface area contributed by atoms with Crippen molar-refractivity contribution in [2.24, 2.45) is 0 Å². The maximum absolute atomic E-state index is 10.7. The Balaban J connectivity index is 0.000000821. The van der Waals surface area contributed by atoms with Gasteiger partial charge in [-0.05, 0) is 34.1 Å². The summed E-state index contributed by atoms with van der Waals surface area (Å²) in [6.07, 6.45) is 0.866. The van der Waals surface area contributed by atoms with Crippen LogP contribution >= 0.6 is 7.81 Å². The number of nitrogens with two attached hydrogens (primary N) is 1. The van der Waals surface area contributed by atoms with Crippen molar-refractivity contribution in [1.82, 2.24) is 0 Å². The van der Waals surface area contributed by atoms with Crippen molar-refractivity contribution < 1.29 is 35.6 Å². The molecule has 3 N–H and O–H groups in total. The van der Waals surface area contributed by atoms with Crippen molar-refractivity contribution >= 4 is 7.81 Å². The SMILES string of the molecule is CC(C)(C)c1cc(C[NH2+]CCCO)cc(C(C)(C)C)c1.F[P-](F)(F)(F)(F)F. The van der Waals surface area contributed by atoms with Gasteiger partial charge in [-0.2, -0.15) is 0 Å². The molecule has 1 aromatic carbocycles. The van der Waals surface area contributed by atoms with Crippen LogP contribution in [0.2, 0.25) is 0 Å². The first-order valence-corrected chi connectivity index (χ1v) is 10.8. The fourth-order valence-electron chi connectivity index (χ4n) is 2.18. The van der Waals surface area contributed by atoms with E-state index in [1.807, 2.05) is 0 Å². The molecular weight excluding hydrogens is 391 g/mol. The van der Waals surface area contributed by atoms with Crippen molar-refractivity contribution in [3.8, 4) is 0 Å². The molecule has 27 heavy (non-hydrogen) atoms. The summed E-state index contributed by atoms with van der Waals surface area (Å²) in [6.45, 7) is 15.9. The van der Waals surface area contributed by atoms with E-state index in [9.17, 15) is 25.2 Å². The molecule has 0 saturated heterocycles. The molecule has 0 heterocycles. The summed E-state index contributed by atoms with van der Waals surface area (Å²) >= 11 is 0. The topological polar surface area (TPSA) is 36.8 Å². The molecule has 1 rings (SSSR count). The van der Waals surface area contributed by atoms with Crippen molar-refractivity contribution in [3.63, 3.8) is 0 Å². The second-order valence-corrected chi connectivity index (χ2v) is 10.7. The van der Waals surface area contributed by atoms with Gasteiger partial charge >= 0.3 is 33.0 Å². The molecule has 0 aliphatic carbocycles. The average molecular weight is 423 g/mol. The van der Waals surface area contributed by atoms with E-state index in [2.05, 4.69) is 65.1 Å². The quantitative estimate of drug-likeness (QED) is 0.335. The Labute approximate surface area is 157 Å². The van der Waals surface area contributed by atoms with E-state index in [1.54, 1.807) is 0 Å². The first-order valence-electron chi connectivity index (χ1n) is 8.73. The van der Waals surface area contributed by atoms with Crippen molar-refractivity contribution in [3.05, 3.63) is 34.9 Å². The number of aliphatic hydroxyl groups excluding tert-OH is 1. The van der Waals surface area contributed by atoms with Crippen molar-refractivity contribution in [2.45, 2.75) is 65.3 Å². The molecule has 0 saturated carbocycles. The van der Waals surface area contributed by atoms with Gasteiger partial charge < -0.3 is 10.4 Å². The van der Waals surface area contributed by atoms with Crippen LogP contribution in [0, 0.1) is 0 Å². The molecule has 0 radical (unpaired) electrons. The zero-order chi connectivity index (χ0) is 21.8. The minimum absolute atomic E-state index is 0.182. The molecule has 1 aromatic rings. The van der Waals surface area contributed by atoms with Gasteiger partial charge in [-0.25, -0.2) is 0 Å². The predicted octanol–water partition coefficient (Wildman–Crippen LogP) is 6.11. The van der Waals surface area contributed by atoms with Crippen LogP contribution in [-0.4, -0.2) is 18.3 Å². The first kappa shape index (κ1) is 26.1. The molecule has 9 heteroatoms. The molecule has 0 atom stereocenters. The molecule has 2 nitrogen and oxygen atoms in total. The van der Waals surface area contributed by atoms with E-state index in [0.717, 1.165) is 19.5 Å². The Morgan fingerprint density at radius 3 is 1.48 bits per heavy atom. The third-order valence-corrected chi connectivity index (χ3v) is 3.67. The number of quaternary nitrogens is 1. The van der Waals surface area contributed by atoms with Crippen LogP contribution in [0.1, 0.15) is 64.7 Å². The number of halogens is 6. The molecule has 0 unspecified atom stereocenters. The van der Waals surface area contributed by atoms with Gasteiger partial charge in [0.05, 0.1) is 6.54 Å². The Bertz CT molecular complexity index is 571. The third kappa shape index (κ3) is 15.9. The predicted molar refractivity (Wildman–Crippen MR) is 99.6 cm³/mol. The fourth-order valence-corrected chi connectivity index (χ4v) is 2.18. The molecule has 0 bridgehead atoms. The van der Waals surface area contributed by atoms with Gasteiger partial charge in [-0.1, -0.05) is 47.6 Å². The summed E-state index contributed by atoms with van der Waals surface area (Å²) in [5.41, 5.74) is 4.58. The fraction of sp³-hybridized carbons (Fsp3) is 0.667. The summed E-state index contributed by atoms with van der Waals surface area (Å²) in [5.74, 6) is 0. The van der Waals surface area contributed by atoms with E-state index in [-0.39, 0.29) is 17.4 Å². The van der Waals surface area contributed by atoms with Gasteiger partial charge in [0.1, 0.15) is 6.54 Å². The monoisotopic (exact) mass is 423 g/mol. The summed E-state index contributed by atoms with van der Waals surface area (Å²) in [6, 6.07) is 7.03. The van der Waals surface area contributed by atoms with Gasteiger partial charge in [0.15, 0.2) is 0 Å². The van der Waals surface area contributed by atoms with E-state index in [4.69, 9.17) is 5.11 Å². The van der Waals surface area contributed by atoms with Gasteiger partial charge in [-0.15, -0.1) is 0 Å². The van der Waals surface area contributed by atoms with Crippen LogP contribution in [0.5, 0.6) is 0 Å². The summed E-state index contributed by atoms with van der Waals surface area (Å²) in [5, 5.41) is 11.1.